The second-order valence-electron chi connectivity index (χ2n) is 4.99. The lowest BCUT2D eigenvalue weighted by Crippen LogP contribution is -2.13. The van der Waals surface area contributed by atoms with Crippen molar-refractivity contribution in [2.45, 2.75) is 31.2 Å². The van der Waals surface area contributed by atoms with Gasteiger partial charge in [0.25, 0.3) is 0 Å². The van der Waals surface area contributed by atoms with E-state index in [0.29, 0.717) is 0 Å². The van der Waals surface area contributed by atoms with E-state index in [1.54, 1.807) is 6.20 Å². The second kappa shape index (κ2) is 5.70. The highest BCUT2D eigenvalue weighted by Gasteiger charge is 2.18. The summed E-state index contributed by atoms with van der Waals surface area (Å²) in [5.74, 6) is 2.80. The molecule has 1 fully saturated rings. The molecule has 0 radical (unpaired) electrons. The fraction of sp³-hybridized carbons (Fsp3) is 0.400. The molecule has 0 bridgehead atoms. The molecule has 0 aliphatic heterocycles. The summed E-state index contributed by atoms with van der Waals surface area (Å²) in [5.41, 5.74) is 1.85. The van der Waals surface area contributed by atoms with Crippen LogP contribution >= 0.6 is 11.8 Å². The lowest BCUT2D eigenvalue weighted by Gasteiger charge is -2.24. The van der Waals surface area contributed by atoms with Crippen LogP contribution in [-0.4, -0.2) is 20.7 Å². The highest BCUT2D eigenvalue weighted by atomic mass is 32.2. The van der Waals surface area contributed by atoms with Gasteiger partial charge in [0.05, 0.1) is 0 Å². The number of hydrogen-bond acceptors (Lipinski definition) is 4. The SMILES string of the molecule is Cc1cc(SCC2CCC2)nc(-c2ccccn2)n1. The number of pyridine rings is 1. The lowest BCUT2D eigenvalue weighted by molar-refractivity contribution is 0.353. The van der Waals surface area contributed by atoms with Crippen molar-refractivity contribution in [3.8, 4) is 11.5 Å². The fourth-order valence-electron chi connectivity index (χ4n) is 2.09. The van der Waals surface area contributed by atoms with Gasteiger partial charge in [-0.3, -0.25) is 4.98 Å². The first-order valence-corrected chi connectivity index (χ1v) is 7.70. The summed E-state index contributed by atoms with van der Waals surface area (Å²) >= 11 is 1.85. The smallest absolute Gasteiger partial charge is 0.179 e. The van der Waals surface area contributed by atoms with E-state index >= 15 is 0 Å². The van der Waals surface area contributed by atoms with E-state index in [9.17, 15) is 0 Å². The van der Waals surface area contributed by atoms with Crippen molar-refractivity contribution in [1.29, 1.82) is 0 Å². The summed E-state index contributed by atoms with van der Waals surface area (Å²) in [5, 5.41) is 1.07. The molecule has 1 saturated carbocycles. The Kier molecular flexibility index (Phi) is 3.78. The van der Waals surface area contributed by atoms with Gasteiger partial charge in [-0.25, -0.2) is 9.97 Å². The first-order chi connectivity index (χ1) is 9.31. The molecule has 0 saturated heterocycles. The summed E-state index contributed by atoms with van der Waals surface area (Å²) < 4.78 is 0. The molecule has 1 aliphatic carbocycles. The Morgan fingerprint density at radius 3 is 2.84 bits per heavy atom. The van der Waals surface area contributed by atoms with Gasteiger partial charge in [-0.05, 0) is 43.9 Å². The zero-order chi connectivity index (χ0) is 13.1. The third kappa shape index (κ3) is 3.13. The second-order valence-corrected chi connectivity index (χ2v) is 6.03. The first kappa shape index (κ1) is 12.6. The quantitative estimate of drug-likeness (QED) is 0.627. The van der Waals surface area contributed by atoms with Gasteiger partial charge >= 0.3 is 0 Å². The molecule has 0 amide bonds. The van der Waals surface area contributed by atoms with Crippen molar-refractivity contribution in [3.05, 3.63) is 36.2 Å². The Labute approximate surface area is 117 Å². The molecule has 0 N–H and O–H groups in total. The van der Waals surface area contributed by atoms with Crippen LogP contribution in [0.15, 0.2) is 35.5 Å². The molecule has 1 aliphatic rings. The maximum atomic E-state index is 4.62. The van der Waals surface area contributed by atoms with Gasteiger partial charge in [0.1, 0.15) is 10.7 Å². The molecule has 0 spiro atoms. The van der Waals surface area contributed by atoms with E-state index in [1.807, 2.05) is 36.9 Å². The average Bonchev–Trinajstić information content (AvgIpc) is 2.37. The minimum absolute atomic E-state index is 0.733. The minimum Gasteiger partial charge on any atom is -0.253 e. The molecular weight excluding hydrogens is 254 g/mol. The van der Waals surface area contributed by atoms with Gasteiger partial charge in [-0.2, -0.15) is 0 Å². The van der Waals surface area contributed by atoms with Gasteiger partial charge in [0.15, 0.2) is 5.82 Å². The molecule has 3 nitrogen and oxygen atoms in total. The van der Waals surface area contributed by atoms with Crippen LogP contribution in [0, 0.1) is 12.8 Å². The van der Waals surface area contributed by atoms with Crippen molar-refractivity contribution in [2.24, 2.45) is 5.92 Å². The Balaban J connectivity index is 1.79. The van der Waals surface area contributed by atoms with Crippen molar-refractivity contribution < 1.29 is 0 Å². The maximum Gasteiger partial charge on any atom is 0.179 e. The van der Waals surface area contributed by atoms with Crippen LogP contribution in [0.3, 0.4) is 0 Å². The lowest BCUT2D eigenvalue weighted by atomic mass is 9.87. The summed E-state index contributed by atoms with van der Waals surface area (Å²) in [4.78, 5) is 13.4. The first-order valence-electron chi connectivity index (χ1n) is 6.71. The molecule has 19 heavy (non-hydrogen) atoms. The van der Waals surface area contributed by atoms with Gasteiger partial charge in [0, 0.05) is 17.6 Å². The van der Waals surface area contributed by atoms with E-state index in [-0.39, 0.29) is 0 Å². The molecule has 0 aromatic carbocycles. The Morgan fingerprint density at radius 1 is 1.26 bits per heavy atom. The van der Waals surface area contributed by atoms with E-state index in [2.05, 4.69) is 21.0 Å². The predicted molar refractivity (Wildman–Crippen MR) is 78.1 cm³/mol. The molecule has 4 heteroatoms. The third-order valence-electron chi connectivity index (χ3n) is 3.42. The van der Waals surface area contributed by atoms with E-state index < -0.39 is 0 Å². The van der Waals surface area contributed by atoms with E-state index in [1.165, 1.54) is 25.0 Å². The molecule has 3 rings (SSSR count). The van der Waals surface area contributed by atoms with Crippen molar-refractivity contribution in [2.75, 3.05) is 5.75 Å². The number of hydrogen-bond donors (Lipinski definition) is 0. The minimum atomic E-state index is 0.733. The average molecular weight is 271 g/mol. The largest absolute Gasteiger partial charge is 0.253 e. The highest BCUT2D eigenvalue weighted by Crippen LogP contribution is 2.32. The van der Waals surface area contributed by atoms with Crippen molar-refractivity contribution in [1.82, 2.24) is 15.0 Å². The Hall–Kier alpha value is -1.42. The van der Waals surface area contributed by atoms with Gasteiger partial charge in [-0.1, -0.05) is 12.5 Å². The molecule has 98 valence electrons. The monoisotopic (exact) mass is 271 g/mol. The molecule has 0 unspecified atom stereocenters. The van der Waals surface area contributed by atoms with Gasteiger partial charge in [0.2, 0.25) is 0 Å². The molecule has 2 aromatic heterocycles. The zero-order valence-electron chi connectivity index (χ0n) is 11.0. The van der Waals surface area contributed by atoms with Crippen LogP contribution in [0.1, 0.15) is 25.0 Å². The summed E-state index contributed by atoms with van der Waals surface area (Å²) in [6.07, 6.45) is 5.93. The maximum absolute atomic E-state index is 4.62. The van der Waals surface area contributed by atoms with Gasteiger partial charge in [-0.15, -0.1) is 11.8 Å². The zero-order valence-corrected chi connectivity index (χ0v) is 11.9. The van der Waals surface area contributed by atoms with E-state index in [4.69, 9.17) is 0 Å². The van der Waals surface area contributed by atoms with Crippen LogP contribution in [0.25, 0.3) is 11.5 Å². The third-order valence-corrected chi connectivity index (χ3v) is 4.56. The number of nitrogens with zero attached hydrogens (tertiary/aromatic N) is 3. The number of thioether (sulfide) groups is 1. The Bertz CT molecular complexity index is 553. The van der Waals surface area contributed by atoms with Crippen molar-refractivity contribution in [3.63, 3.8) is 0 Å². The highest BCUT2D eigenvalue weighted by molar-refractivity contribution is 7.99. The van der Waals surface area contributed by atoms with E-state index in [0.717, 1.165) is 28.2 Å². The van der Waals surface area contributed by atoms with Crippen molar-refractivity contribution >= 4 is 11.8 Å². The number of aryl methyl sites for hydroxylation is 1. The standard InChI is InChI=1S/C15H17N3S/c1-11-9-14(19-10-12-5-4-6-12)18-15(17-11)13-7-2-3-8-16-13/h2-3,7-9,12H,4-6,10H2,1H3. The fourth-order valence-corrected chi connectivity index (χ4v) is 3.23. The summed E-state index contributed by atoms with van der Waals surface area (Å²) in [7, 11) is 0. The number of rotatable bonds is 4. The molecule has 2 heterocycles. The van der Waals surface area contributed by atoms with Crippen LogP contribution < -0.4 is 0 Å². The topological polar surface area (TPSA) is 38.7 Å². The number of aromatic nitrogens is 3. The predicted octanol–water partition coefficient (Wildman–Crippen LogP) is 3.74. The summed E-state index contributed by atoms with van der Waals surface area (Å²) in [6.45, 7) is 2.02. The normalized spacial score (nSPS) is 15.2. The van der Waals surface area contributed by atoms with Crippen LogP contribution in [0.4, 0.5) is 0 Å². The van der Waals surface area contributed by atoms with Crippen LogP contribution in [0.5, 0.6) is 0 Å². The van der Waals surface area contributed by atoms with Gasteiger partial charge < -0.3 is 0 Å². The molecule has 0 atom stereocenters. The summed E-state index contributed by atoms with van der Waals surface area (Å²) in [6, 6.07) is 7.89. The van der Waals surface area contributed by atoms with Crippen LogP contribution in [-0.2, 0) is 0 Å². The molecule has 2 aromatic rings. The molecular formula is C15H17N3S. The Morgan fingerprint density at radius 2 is 2.16 bits per heavy atom. The van der Waals surface area contributed by atoms with Crippen LogP contribution in [0.2, 0.25) is 0 Å².